The Morgan fingerprint density at radius 3 is 2.95 bits per heavy atom. The number of carbonyl (C=O) groups excluding carboxylic acids is 1. The fraction of sp³-hybridized carbons (Fsp3) is 0.0769. The predicted molar refractivity (Wildman–Crippen MR) is 82.0 cm³/mol. The molecule has 0 bridgehead atoms. The van der Waals surface area contributed by atoms with Crippen molar-refractivity contribution in [2.45, 2.75) is 0 Å². The molecule has 1 amide bonds. The highest BCUT2D eigenvalue weighted by Crippen LogP contribution is 2.31. The minimum Gasteiger partial charge on any atom is -0.482 e. The monoisotopic (exact) mass is 328 g/mol. The summed E-state index contributed by atoms with van der Waals surface area (Å²) in [5.41, 5.74) is 2.36. The zero-order valence-electron chi connectivity index (χ0n) is 10.2. The second-order valence-electron chi connectivity index (χ2n) is 3.65. The van der Waals surface area contributed by atoms with Gasteiger partial charge in [-0.3, -0.25) is 4.79 Å². The van der Waals surface area contributed by atoms with Gasteiger partial charge < -0.3 is 4.74 Å². The highest BCUT2D eigenvalue weighted by molar-refractivity contribution is 7.11. The first-order valence-corrected chi connectivity index (χ1v) is 7.22. The van der Waals surface area contributed by atoms with Gasteiger partial charge in [0.1, 0.15) is 10.8 Å². The fourth-order valence-corrected chi connectivity index (χ4v) is 2.24. The van der Waals surface area contributed by atoms with Crippen molar-refractivity contribution in [3.05, 3.63) is 50.6 Å². The van der Waals surface area contributed by atoms with E-state index in [9.17, 15) is 4.79 Å². The first kappa shape index (κ1) is 14.8. The minimum atomic E-state index is -0.381. The molecule has 2 rings (SSSR count). The number of halogens is 2. The van der Waals surface area contributed by atoms with Gasteiger partial charge in [0.2, 0.25) is 0 Å². The van der Waals surface area contributed by atoms with E-state index < -0.39 is 0 Å². The third-order valence-electron chi connectivity index (χ3n) is 2.20. The average Bonchev–Trinajstić information content (AvgIpc) is 2.94. The van der Waals surface area contributed by atoms with Gasteiger partial charge in [0.05, 0.1) is 11.2 Å². The van der Waals surface area contributed by atoms with E-state index in [-0.39, 0.29) is 17.5 Å². The molecular formula is C13H10Cl2N2O2S. The van der Waals surface area contributed by atoms with Crippen molar-refractivity contribution in [2.75, 3.05) is 6.61 Å². The van der Waals surface area contributed by atoms with Crippen LogP contribution < -0.4 is 10.2 Å². The first-order chi connectivity index (χ1) is 9.66. The Hall–Kier alpha value is -1.56. The molecule has 0 spiro atoms. The van der Waals surface area contributed by atoms with Crippen LogP contribution in [0.5, 0.6) is 5.75 Å². The van der Waals surface area contributed by atoms with Crippen LogP contribution in [0.4, 0.5) is 0 Å². The van der Waals surface area contributed by atoms with Gasteiger partial charge in [0.15, 0.2) is 6.61 Å². The van der Waals surface area contributed by atoms with Crippen LogP contribution in [0.1, 0.15) is 4.88 Å². The maximum Gasteiger partial charge on any atom is 0.277 e. The Bertz CT molecular complexity index is 615. The van der Waals surface area contributed by atoms with Crippen LogP contribution in [0.15, 0.2) is 40.8 Å². The predicted octanol–water partition coefficient (Wildman–Crippen LogP) is 3.58. The van der Waals surface area contributed by atoms with E-state index in [2.05, 4.69) is 10.5 Å². The number of benzene rings is 1. The summed E-state index contributed by atoms with van der Waals surface area (Å²) in [7, 11) is 0. The number of rotatable bonds is 5. The Morgan fingerprint density at radius 1 is 1.35 bits per heavy atom. The number of nitrogens with one attached hydrogen (secondary N) is 1. The molecule has 1 aromatic carbocycles. The van der Waals surface area contributed by atoms with Gasteiger partial charge >= 0.3 is 0 Å². The molecular weight excluding hydrogens is 319 g/mol. The summed E-state index contributed by atoms with van der Waals surface area (Å²) in [6.45, 7) is -0.193. The van der Waals surface area contributed by atoms with Crippen molar-refractivity contribution in [1.29, 1.82) is 0 Å². The van der Waals surface area contributed by atoms with Crippen LogP contribution in [-0.4, -0.2) is 18.7 Å². The van der Waals surface area contributed by atoms with Crippen molar-refractivity contribution in [2.24, 2.45) is 5.10 Å². The number of hydrogen-bond donors (Lipinski definition) is 1. The number of hydrogen-bond acceptors (Lipinski definition) is 4. The number of amides is 1. The molecule has 0 saturated heterocycles. The van der Waals surface area contributed by atoms with Gasteiger partial charge in [-0.05, 0) is 23.6 Å². The van der Waals surface area contributed by atoms with Crippen molar-refractivity contribution in [3.8, 4) is 5.75 Å². The quantitative estimate of drug-likeness (QED) is 0.673. The maximum atomic E-state index is 11.5. The van der Waals surface area contributed by atoms with Gasteiger partial charge in [-0.25, -0.2) is 5.43 Å². The number of carbonyl (C=O) groups is 1. The van der Waals surface area contributed by atoms with Crippen LogP contribution in [0.2, 0.25) is 10.0 Å². The van der Waals surface area contributed by atoms with E-state index in [0.717, 1.165) is 4.88 Å². The van der Waals surface area contributed by atoms with Crippen molar-refractivity contribution in [3.63, 3.8) is 0 Å². The van der Waals surface area contributed by atoms with Gasteiger partial charge in [-0.1, -0.05) is 35.3 Å². The van der Waals surface area contributed by atoms with E-state index in [4.69, 9.17) is 27.9 Å². The molecule has 1 N–H and O–H groups in total. The molecule has 20 heavy (non-hydrogen) atoms. The average molecular weight is 329 g/mol. The third-order valence-corrected chi connectivity index (χ3v) is 3.81. The second-order valence-corrected chi connectivity index (χ2v) is 5.41. The summed E-state index contributed by atoms with van der Waals surface area (Å²) < 4.78 is 5.27. The van der Waals surface area contributed by atoms with E-state index in [1.165, 1.54) is 11.3 Å². The maximum absolute atomic E-state index is 11.5. The molecule has 0 aliphatic heterocycles. The molecule has 0 saturated carbocycles. The third kappa shape index (κ3) is 4.23. The molecule has 2 aromatic rings. The number of thiophene rings is 1. The van der Waals surface area contributed by atoms with Crippen molar-refractivity contribution < 1.29 is 9.53 Å². The Kier molecular flexibility index (Phi) is 5.40. The molecule has 0 aliphatic rings. The molecule has 1 aromatic heterocycles. The van der Waals surface area contributed by atoms with Crippen LogP contribution in [-0.2, 0) is 4.79 Å². The van der Waals surface area contributed by atoms with Gasteiger partial charge in [0, 0.05) is 4.88 Å². The van der Waals surface area contributed by atoms with Gasteiger partial charge in [0.25, 0.3) is 5.91 Å². The van der Waals surface area contributed by atoms with E-state index in [1.54, 1.807) is 24.4 Å². The Balaban J connectivity index is 1.82. The lowest BCUT2D eigenvalue weighted by Gasteiger charge is -2.07. The Morgan fingerprint density at radius 2 is 2.20 bits per heavy atom. The largest absolute Gasteiger partial charge is 0.482 e. The number of ether oxygens (including phenoxy) is 1. The highest BCUT2D eigenvalue weighted by atomic mass is 35.5. The lowest BCUT2D eigenvalue weighted by Crippen LogP contribution is -2.24. The lowest BCUT2D eigenvalue weighted by atomic mass is 10.3. The number of hydrazone groups is 1. The van der Waals surface area contributed by atoms with E-state index in [0.29, 0.717) is 10.8 Å². The summed E-state index contributed by atoms with van der Waals surface area (Å²) in [6.07, 6.45) is 1.56. The highest BCUT2D eigenvalue weighted by Gasteiger charge is 2.07. The molecule has 7 heteroatoms. The van der Waals surface area contributed by atoms with E-state index >= 15 is 0 Å². The van der Waals surface area contributed by atoms with Crippen molar-refractivity contribution >= 4 is 46.7 Å². The minimum absolute atomic E-state index is 0.193. The molecule has 0 radical (unpaired) electrons. The van der Waals surface area contributed by atoms with Crippen LogP contribution in [0.25, 0.3) is 0 Å². The molecule has 1 heterocycles. The second kappa shape index (κ2) is 7.28. The SMILES string of the molecule is O=C(COc1cccc(Cl)c1Cl)N/N=C\c1cccs1. The zero-order valence-corrected chi connectivity index (χ0v) is 12.5. The van der Waals surface area contributed by atoms with Crippen LogP contribution in [0, 0.1) is 0 Å². The topological polar surface area (TPSA) is 50.7 Å². The van der Waals surface area contributed by atoms with Gasteiger partial charge in [-0.2, -0.15) is 5.10 Å². The van der Waals surface area contributed by atoms with Crippen LogP contribution in [0.3, 0.4) is 0 Å². The molecule has 0 aliphatic carbocycles. The number of nitrogens with zero attached hydrogens (tertiary/aromatic N) is 1. The lowest BCUT2D eigenvalue weighted by molar-refractivity contribution is -0.123. The molecule has 0 fully saturated rings. The smallest absolute Gasteiger partial charge is 0.277 e. The summed E-state index contributed by atoms with van der Waals surface area (Å²) >= 11 is 13.3. The summed E-state index contributed by atoms with van der Waals surface area (Å²) in [6, 6.07) is 8.76. The zero-order chi connectivity index (χ0) is 14.4. The Labute approximate surface area is 130 Å². The summed E-state index contributed by atoms with van der Waals surface area (Å²) in [5, 5.41) is 6.39. The first-order valence-electron chi connectivity index (χ1n) is 5.59. The summed E-state index contributed by atoms with van der Waals surface area (Å²) in [4.78, 5) is 12.5. The molecule has 0 atom stereocenters. The van der Waals surface area contributed by atoms with Crippen LogP contribution >= 0.6 is 34.5 Å². The van der Waals surface area contributed by atoms with Crippen molar-refractivity contribution in [1.82, 2.24) is 5.43 Å². The normalized spacial score (nSPS) is 10.7. The fourth-order valence-electron chi connectivity index (χ4n) is 1.30. The molecule has 0 unspecified atom stereocenters. The molecule has 104 valence electrons. The standard InChI is InChI=1S/C13H10Cl2N2O2S/c14-10-4-1-5-11(13(10)15)19-8-12(18)17-16-7-9-3-2-6-20-9/h1-7H,8H2,(H,17,18)/b16-7-. The molecule has 4 nitrogen and oxygen atoms in total. The summed E-state index contributed by atoms with van der Waals surface area (Å²) in [5.74, 6) is -0.0228. The van der Waals surface area contributed by atoms with Gasteiger partial charge in [-0.15, -0.1) is 11.3 Å². The van der Waals surface area contributed by atoms with E-state index in [1.807, 2.05) is 17.5 Å².